The average Bonchev–Trinajstić information content (AvgIpc) is 2.65. The lowest BCUT2D eigenvalue weighted by Gasteiger charge is -2.33. The lowest BCUT2D eigenvalue weighted by atomic mass is 10.1. The molecule has 0 aromatic carbocycles. The number of hydrogen-bond acceptors (Lipinski definition) is 5. The fourth-order valence-electron chi connectivity index (χ4n) is 1.97. The number of hydrogen-bond donors (Lipinski definition) is 4. The zero-order chi connectivity index (χ0) is 12.6. The van der Waals surface area contributed by atoms with Crippen molar-refractivity contribution in [1.29, 1.82) is 0 Å². The van der Waals surface area contributed by atoms with Crippen molar-refractivity contribution in [3.05, 3.63) is 11.8 Å². The Bertz CT molecular complexity index is 346. The van der Waals surface area contributed by atoms with E-state index in [0.717, 1.165) is 5.57 Å². The van der Waals surface area contributed by atoms with E-state index < -0.39 is 30.6 Å². The second-order valence-corrected chi connectivity index (χ2v) is 4.34. The normalized spacial score (nSPS) is 38.0. The first-order chi connectivity index (χ1) is 8.02. The van der Waals surface area contributed by atoms with Gasteiger partial charge in [-0.1, -0.05) is 0 Å². The lowest BCUT2D eigenvalue weighted by Crippen LogP contribution is -2.56. The van der Waals surface area contributed by atoms with Gasteiger partial charge in [0.2, 0.25) is 0 Å². The van der Waals surface area contributed by atoms with Crippen LogP contribution in [0.2, 0.25) is 0 Å². The van der Waals surface area contributed by atoms with Crippen molar-refractivity contribution in [3.63, 3.8) is 0 Å². The first-order valence-electron chi connectivity index (χ1n) is 5.50. The van der Waals surface area contributed by atoms with Crippen molar-refractivity contribution < 1.29 is 19.7 Å². The summed E-state index contributed by atoms with van der Waals surface area (Å²) < 4.78 is 5.40. The van der Waals surface area contributed by atoms with Crippen molar-refractivity contribution in [2.24, 2.45) is 5.73 Å². The SMILES string of the molecule is CC1=CN([C@@H]2O[C@H](CO)CC2O)C(=O)NC1N. The van der Waals surface area contributed by atoms with Gasteiger partial charge in [0.1, 0.15) is 12.3 Å². The van der Waals surface area contributed by atoms with E-state index in [9.17, 15) is 9.90 Å². The Labute approximate surface area is 98.8 Å². The van der Waals surface area contributed by atoms with Crippen LogP contribution in [0.15, 0.2) is 11.8 Å². The molecule has 0 radical (unpaired) electrons. The molecule has 2 rings (SSSR count). The number of ether oxygens (including phenoxy) is 1. The fraction of sp³-hybridized carbons (Fsp3) is 0.700. The summed E-state index contributed by atoms with van der Waals surface area (Å²) in [6, 6.07) is -0.411. The predicted octanol–water partition coefficient (Wildman–Crippen LogP) is -1.33. The summed E-state index contributed by atoms with van der Waals surface area (Å²) in [7, 11) is 0. The van der Waals surface area contributed by atoms with Crippen LogP contribution in [0.3, 0.4) is 0 Å². The topological polar surface area (TPSA) is 108 Å². The minimum Gasteiger partial charge on any atom is -0.394 e. The van der Waals surface area contributed by atoms with E-state index in [1.807, 2.05) is 0 Å². The molecule has 1 fully saturated rings. The smallest absolute Gasteiger partial charge is 0.325 e. The highest BCUT2D eigenvalue weighted by molar-refractivity contribution is 5.77. The van der Waals surface area contributed by atoms with Crippen LogP contribution in [0, 0.1) is 0 Å². The third kappa shape index (κ3) is 2.27. The van der Waals surface area contributed by atoms with Gasteiger partial charge in [-0.05, 0) is 12.5 Å². The summed E-state index contributed by atoms with van der Waals surface area (Å²) >= 11 is 0. The minimum atomic E-state index is -0.809. The second-order valence-electron chi connectivity index (χ2n) is 4.34. The molecular formula is C10H17N3O4. The van der Waals surface area contributed by atoms with Gasteiger partial charge in [-0.25, -0.2) is 4.79 Å². The molecule has 2 heterocycles. The van der Waals surface area contributed by atoms with Gasteiger partial charge in [-0.2, -0.15) is 0 Å². The fourth-order valence-corrected chi connectivity index (χ4v) is 1.97. The van der Waals surface area contributed by atoms with Crippen LogP contribution < -0.4 is 11.1 Å². The third-order valence-corrected chi connectivity index (χ3v) is 2.99. The maximum Gasteiger partial charge on any atom is 0.325 e. The van der Waals surface area contributed by atoms with Gasteiger partial charge in [0.15, 0.2) is 6.23 Å². The summed E-state index contributed by atoms with van der Waals surface area (Å²) in [5.41, 5.74) is 6.42. The number of nitrogens with two attached hydrogens (primary N) is 1. The van der Waals surface area contributed by atoms with Crippen LogP contribution in [0.1, 0.15) is 13.3 Å². The van der Waals surface area contributed by atoms with Crippen LogP contribution in [0.4, 0.5) is 4.79 Å². The maximum absolute atomic E-state index is 11.7. The summed E-state index contributed by atoms with van der Waals surface area (Å²) in [4.78, 5) is 13.0. The van der Waals surface area contributed by atoms with Gasteiger partial charge >= 0.3 is 6.03 Å². The molecule has 2 aliphatic rings. The predicted molar refractivity (Wildman–Crippen MR) is 58.5 cm³/mol. The van der Waals surface area contributed by atoms with E-state index in [1.54, 1.807) is 13.1 Å². The number of rotatable bonds is 2. The van der Waals surface area contributed by atoms with Gasteiger partial charge in [0, 0.05) is 12.6 Å². The molecule has 0 bridgehead atoms. The van der Waals surface area contributed by atoms with E-state index in [4.69, 9.17) is 15.6 Å². The first kappa shape index (κ1) is 12.3. The Morgan fingerprint density at radius 2 is 2.41 bits per heavy atom. The number of nitrogens with one attached hydrogen (secondary N) is 1. The molecule has 0 aromatic rings. The van der Waals surface area contributed by atoms with E-state index in [1.165, 1.54) is 4.90 Å². The molecule has 4 atom stereocenters. The van der Waals surface area contributed by atoms with Crippen molar-refractivity contribution in [2.45, 2.75) is 37.9 Å². The molecule has 2 amide bonds. The van der Waals surface area contributed by atoms with Gasteiger partial charge in [-0.15, -0.1) is 0 Å². The van der Waals surface area contributed by atoms with Crippen LogP contribution in [-0.2, 0) is 4.74 Å². The van der Waals surface area contributed by atoms with Gasteiger partial charge in [0.05, 0.1) is 12.7 Å². The van der Waals surface area contributed by atoms with Crippen molar-refractivity contribution in [1.82, 2.24) is 10.2 Å². The number of amides is 2. The highest BCUT2D eigenvalue weighted by Crippen LogP contribution is 2.25. The monoisotopic (exact) mass is 243 g/mol. The molecule has 2 unspecified atom stereocenters. The minimum absolute atomic E-state index is 0.175. The Morgan fingerprint density at radius 3 is 3.00 bits per heavy atom. The third-order valence-electron chi connectivity index (χ3n) is 2.99. The Kier molecular flexibility index (Phi) is 3.34. The molecule has 7 heteroatoms. The number of aliphatic hydroxyl groups excluding tert-OH is 2. The molecule has 96 valence electrons. The zero-order valence-corrected chi connectivity index (χ0v) is 9.54. The summed E-state index contributed by atoms with van der Waals surface area (Å²) in [6.45, 7) is 1.60. The van der Waals surface area contributed by atoms with Crippen LogP contribution in [-0.4, -0.2) is 52.4 Å². The number of nitrogens with zero attached hydrogens (tertiary/aromatic N) is 1. The van der Waals surface area contributed by atoms with Gasteiger partial charge < -0.3 is 26.0 Å². The number of urea groups is 1. The van der Waals surface area contributed by atoms with Crippen molar-refractivity contribution in [2.75, 3.05) is 6.61 Å². The quantitative estimate of drug-likeness (QED) is 0.480. The molecule has 17 heavy (non-hydrogen) atoms. The van der Waals surface area contributed by atoms with Crippen LogP contribution >= 0.6 is 0 Å². The molecular weight excluding hydrogens is 226 g/mol. The number of aliphatic hydroxyl groups is 2. The molecule has 7 nitrogen and oxygen atoms in total. The van der Waals surface area contributed by atoms with Crippen LogP contribution in [0.25, 0.3) is 0 Å². The van der Waals surface area contributed by atoms with Gasteiger partial charge in [-0.3, -0.25) is 4.90 Å². The Morgan fingerprint density at radius 1 is 1.71 bits per heavy atom. The Balaban J connectivity index is 2.14. The standard InChI is InChI=1S/C10H17N3O4/c1-5-3-13(10(16)12-8(5)11)9-7(15)2-6(4-14)17-9/h3,6-9,14-15H,2,4,11H2,1H3,(H,12,16)/t6-,7?,8?,9+/m0/s1. The number of carbonyl (C=O) groups excluding carboxylic acids is 1. The lowest BCUT2D eigenvalue weighted by molar-refractivity contribution is -0.0654. The van der Waals surface area contributed by atoms with Crippen molar-refractivity contribution >= 4 is 6.03 Å². The molecule has 0 saturated carbocycles. The molecule has 0 aliphatic carbocycles. The first-order valence-corrected chi connectivity index (χ1v) is 5.50. The molecule has 0 aromatic heterocycles. The number of carbonyl (C=O) groups is 1. The van der Waals surface area contributed by atoms with E-state index in [0.29, 0.717) is 6.42 Å². The van der Waals surface area contributed by atoms with Crippen LogP contribution in [0.5, 0.6) is 0 Å². The van der Waals surface area contributed by atoms with E-state index >= 15 is 0 Å². The molecule has 5 N–H and O–H groups in total. The highest BCUT2D eigenvalue weighted by Gasteiger charge is 2.40. The molecule has 1 saturated heterocycles. The summed E-state index contributed by atoms with van der Waals surface area (Å²) in [5, 5.41) is 21.3. The molecule has 2 aliphatic heterocycles. The van der Waals surface area contributed by atoms with E-state index in [2.05, 4.69) is 5.32 Å². The maximum atomic E-state index is 11.7. The average molecular weight is 243 g/mol. The summed E-state index contributed by atoms with van der Waals surface area (Å²) in [5.74, 6) is 0. The second kappa shape index (κ2) is 4.61. The van der Waals surface area contributed by atoms with Gasteiger partial charge in [0.25, 0.3) is 0 Å². The largest absolute Gasteiger partial charge is 0.394 e. The van der Waals surface area contributed by atoms with E-state index in [-0.39, 0.29) is 6.61 Å². The zero-order valence-electron chi connectivity index (χ0n) is 9.54. The summed E-state index contributed by atoms with van der Waals surface area (Å²) in [6.07, 6.45) is -0.648. The molecule has 0 spiro atoms. The highest BCUT2D eigenvalue weighted by atomic mass is 16.5. The van der Waals surface area contributed by atoms with Crippen molar-refractivity contribution in [3.8, 4) is 0 Å². The Hall–Kier alpha value is -1.15.